The van der Waals surface area contributed by atoms with E-state index in [4.69, 9.17) is 21.1 Å². The van der Waals surface area contributed by atoms with Crippen LogP contribution in [0.5, 0.6) is 5.75 Å². The zero-order valence-electron chi connectivity index (χ0n) is 16.4. The molecule has 1 aliphatic heterocycles. The van der Waals surface area contributed by atoms with Crippen molar-refractivity contribution in [3.63, 3.8) is 0 Å². The molecule has 0 unspecified atom stereocenters. The minimum absolute atomic E-state index is 0.0210. The number of halogens is 1. The van der Waals surface area contributed by atoms with Gasteiger partial charge in [0, 0.05) is 48.7 Å². The Hall–Kier alpha value is -2.77. The largest absolute Gasteiger partial charge is 0.496 e. The van der Waals surface area contributed by atoms with E-state index in [1.807, 2.05) is 19.1 Å². The van der Waals surface area contributed by atoms with Crippen LogP contribution >= 0.6 is 11.6 Å². The molecule has 7 nitrogen and oxygen atoms in total. The molecule has 152 valence electrons. The molecule has 1 amide bonds. The molecule has 0 aliphatic carbocycles. The molecule has 2 N–H and O–H groups in total. The molecule has 1 aromatic carbocycles. The number of hydrogen-bond acceptors (Lipinski definition) is 5. The molecule has 29 heavy (non-hydrogen) atoms. The van der Waals surface area contributed by atoms with E-state index >= 15 is 0 Å². The summed E-state index contributed by atoms with van der Waals surface area (Å²) >= 11 is 6.40. The Morgan fingerprint density at radius 3 is 2.86 bits per heavy atom. The zero-order valence-corrected chi connectivity index (χ0v) is 17.2. The van der Waals surface area contributed by atoms with Crippen molar-refractivity contribution in [2.24, 2.45) is 0 Å². The number of hydrogen-bond donors (Lipinski definition) is 2. The number of pyridine rings is 1. The molecule has 0 saturated carbocycles. The zero-order chi connectivity index (χ0) is 20.4. The number of benzene rings is 1. The van der Waals surface area contributed by atoms with E-state index in [2.05, 4.69) is 15.3 Å². The highest BCUT2D eigenvalue weighted by Gasteiger charge is 2.22. The fourth-order valence-corrected chi connectivity index (χ4v) is 3.86. The van der Waals surface area contributed by atoms with Crippen LogP contribution < -0.4 is 10.1 Å². The predicted octanol–water partition coefficient (Wildman–Crippen LogP) is 3.80. The van der Waals surface area contributed by atoms with E-state index in [-0.39, 0.29) is 5.91 Å². The minimum atomic E-state index is -0.0210. The minimum Gasteiger partial charge on any atom is -0.496 e. The number of amides is 1. The maximum atomic E-state index is 12.8. The summed E-state index contributed by atoms with van der Waals surface area (Å²) in [5, 5.41) is 4.83. The van der Waals surface area contributed by atoms with Crippen LogP contribution in [0.1, 0.15) is 17.3 Å². The summed E-state index contributed by atoms with van der Waals surface area (Å²) in [4.78, 5) is 22.2. The van der Waals surface area contributed by atoms with Crippen LogP contribution in [0.25, 0.3) is 22.2 Å². The van der Waals surface area contributed by atoms with Gasteiger partial charge in [-0.15, -0.1) is 0 Å². The summed E-state index contributed by atoms with van der Waals surface area (Å²) in [5.74, 6) is 0.586. The Labute approximate surface area is 174 Å². The topological polar surface area (TPSA) is 79.5 Å². The van der Waals surface area contributed by atoms with Crippen molar-refractivity contribution in [2.75, 3.05) is 45.3 Å². The molecule has 0 bridgehead atoms. The lowest BCUT2D eigenvalue weighted by molar-refractivity contribution is 0.0302. The summed E-state index contributed by atoms with van der Waals surface area (Å²) in [6.07, 6.45) is 3.51. The number of fused-ring (bicyclic) bond motifs is 1. The van der Waals surface area contributed by atoms with Gasteiger partial charge in [0.1, 0.15) is 11.4 Å². The highest BCUT2D eigenvalue weighted by Crippen LogP contribution is 2.41. The van der Waals surface area contributed by atoms with Crippen LogP contribution in [0.2, 0.25) is 5.02 Å². The molecular weight excluding hydrogens is 392 g/mol. The monoisotopic (exact) mass is 414 g/mol. The van der Waals surface area contributed by atoms with Crippen LogP contribution in [0, 0.1) is 0 Å². The second-order valence-corrected chi connectivity index (χ2v) is 7.16. The number of ether oxygens (including phenoxy) is 2. The van der Waals surface area contributed by atoms with Gasteiger partial charge in [-0.05, 0) is 25.1 Å². The second kappa shape index (κ2) is 8.31. The Morgan fingerprint density at radius 1 is 1.34 bits per heavy atom. The lowest BCUT2D eigenvalue weighted by atomic mass is 10.0. The first-order valence-corrected chi connectivity index (χ1v) is 9.96. The summed E-state index contributed by atoms with van der Waals surface area (Å²) in [6.45, 7) is 5.08. The highest BCUT2D eigenvalue weighted by atomic mass is 35.5. The first kappa shape index (κ1) is 19.5. The lowest BCUT2D eigenvalue weighted by Crippen LogP contribution is -2.40. The van der Waals surface area contributed by atoms with Crippen molar-refractivity contribution in [2.45, 2.75) is 6.92 Å². The maximum Gasteiger partial charge on any atom is 0.254 e. The van der Waals surface area contributed by atoms with E-state index < -0.39 is 0 Å². The molecule has 2 aromatic heterocycles. The number of carbonyl (C=O) groups is 1. The number of nitrogens with one attached hydrogen (secondary N) is 2. The summed E-state index contributed by atoms with van der Waals surface area (Å²) in [6, 6.07) is 5.51. The molecule has 3 heterocycles. The van der Waals surface area contributed by atoms with Gasteiger partial charge in [0.05, 0.1) is 36.4 Å². The number of aromatic nitrogens is 2. The Kier molecular flexibility index (Phi) is 5.60. The Morgan fingerprint density at radius 2 is 2.14 bits per heavy atom. The fraction of sp³-hybridized carbons (Fsp3) is 0.333. The van der Waals surface area contributed by atoms with Gasteiger partial charge in [0.2, 0.25) is 0 Å². The maximum absolute atomic E-state index is 12.8. The first-order valence-electron chi connectivity index (χ1n) is 9.59. The summed E-state index contributed by atoms with van der Waals surface area (Å²) in [7, 11) is 1.60. The van der Waals surface area contributed by atoms with E-state index in [0.29, 0.717) is 48.3 Å². The van der Waals surface area contributed by atoms with Crippen molar-refractivity contribution in [3.05, 3.63) is 41.2 Å². The van der Waals surface area contributed by atoms with Crippen molar-refractivity contribution >= 4 is 34.2 Å². The quantitative estimate of drug-likeness (QED) is 0.663. The molecule has 0 atom stereocenters. The number of methoxy groups -OCH3 is 1. The second-order valence-electron chi connectivity index (χ2n) is 6.76. The van der Waals surface area contributed by atoms with Crippen LogP contribution in [-0.2, 0) is 4.74 Å². The van der Waals surface area contributed by atoms with E-state index in [9.17, 15) is 4.79 Å². The van der Waals surface area contributed by atoms with Gasteiger partial charge >= 0.3 is 0 Å². The van der Waals surface area contributed by atoms with Gasteiger partial charge < -0.3 is 24.7 Å². The molecule has 1 fully saturated rings. The normalized spacial score (nSPS) is 14.2. The van der Waals surface area contributed by atoms with Gasteiger partial charge in [-0.3, -0.25) is 4.79 Å². The summed E-state index contributed by atoms with van der Waals surface area (Å²) in [5.41, 5.74) is 3.89. The van der Waals surface area contributed by atoms with Gasteiger partial charge in [0.15, 0.2) is 0 Å². The molecule has 0 radical (unpaired) electrons. The smallest absolute Gasteiger partial charge is 0.254 e. The lowest BCUT2D eigenvalue weighted by Gasteiger charge is -2.27. The van der Waals surface area contributed by atoms with E-state index in [0.717, 1.165) is 28.7 Å². The number of rotatable bonds is 5. The molecule has 3 aromatic rings. The number of H-pyrrole nitrogens is 1. The van der Waals surface area contributed by atoms with Crippen LogP contribution in [0.3, 0.4) is 0 Å². The summed E-state index contributed by atoms with van der Waals surface area (Å²) < 4.78 is 11.0. The first-order chi connectivity index (χ1) is 14.1. The predicted molar refractivity (Wildman–Crippen MR) is 114 cm³/mol. The van der Waals surface area contributed by atoms with Gasteiger partial charge in [-0.1, -0.05) is 11.6 Å². The van der Waals surface area contributed by atoms with Crippen LogP contribution in [0.4, 0.5) is 5.69 Å². The molecule has 1 aliphatic rings. The third-order valence-corrected chi connectivity index (χ3v) is 5.34. The van der Waals surface area contributed by atoms with E-state index in [1.54, 1.807) is 30.5 Å². The third kappa shape index (κ3) is 3.63. The standard InChI is InChI=1S/C21H23ClN4O3/c1-3-23-19-15(11-24-20-18(19)16(22)12-25-20)14-5-4-13(10-17(14)28-2)21(27)26-6-8-29-9-7-26/h4-5,10-12H,3,6-9H2,1-2H3,(H2,23,24,25). The van der Waals surface area contributed by atoms with Crippen LogP contribution in [0.15, 0.2) is 30.6 Å². The number of carbonyl (C=O) groups excluding carboxylic acids is 1. The third-order valence-electron chi connectivity index (χ3n) is 5.04. The molecule has 4 rings (SSSR count). The SMILES string of the molecule is CCNc1c(-c2ccc(C(=O)N3CCOCC3)cc2OC)cnc2[nH]cc(Cl)c12. The van der Waals surface area contributed by atoms with Crippen molar-refractivity contribution in [1.82, 2.24) is 14.9 Å². The number of anilines is 1. The molecular formula is C21H23ClN4O3. The molecule has 1 saturated heterocycles. The van der Waals surface area contributed by atoms with Crippen molar-refractivity contribution in [1.29, 1.82) is 0 Å². The Bertz CT molecular complexity index is 1040. The number of nitrogens with zero attached hydrogens (tertiary/aromatic N) is 2. The van der Waals surface area contributed by atoms with Gasteiger partial charge in [-0.2, -0.15) is 0 Å². The molecule has 8 heteroatoms. The van der Waals surface area contributed by atoms with Gasteiger partial charge in [-0.25, -0.2) is 4.98 Å². The van der Waals surface area contributed by atoms with Crippen molar-refractivity contribution in [3.8, 4) is 16.9 Å². The fourth-order valence-electron chi connectivity index (χ4n) is 3.62. The van der Waals surface area contributed by atoms with Crippen LogP contribution in [-0.4, -0.2) is 60.7 Å². The number of aromatic amines is 1. The Balaban J connectivity index is 1.78. The van der Waals surface area contributed by atoms with Crippen molar-refractivity contribution < 1.29 is 14.3 Å². The highest BCUT2D eigenvalue weighted by molar-refractivity contribution is 6.36. The average Bonchev–Trinajstić information content (AvgIpc) is 3.15. The van der Waals surface area contributed by atoms with Gasteiger partial charge in [0.25, 0.3) is 5.91 Å². The molecule has 0 spiro atoms. The van der Waals surface area contributed by atoms with E-state index in [1.165, 1.54) is 0 Å². The number of morpholine rings is 1. The average molecular weight is 415 g/mol.